The van der Waals surface area contributed by atoms with Crippen LogP contribution >= 0.6 is 11.3 Å². The molecule has 1 saturated heterocycles. The molecule has 1 aromatic rings. The normalized spacial score (nSPS) is 20.5. The predicted octanol–water partition coefficient (Wildman–Crippen LogP) is 3.47. The zero-order valence-corrected chi connectivity index (χ0v) is 11.5. The molecule has 96 valence electrons. The van der Waals surface area contributed by atoms with Gasteiger partial charge in [-0.25, -0.2) is 4.98 Å². The third-order valence-electron chi connectivity index (χ3n) is 3.80. The van der Waals surface area contributed by atoms with E-state index in [1.807, 2.05) is 0 Å². The predicted molar refractivity (Wildman–Crippen MR) is 74.1 cm³/mol. The summed E-state index contributed by atoms with van der Waals surface area (Å²) in [4.78, 5) is 8.51. The average molecular weight is 261 g/mol. The van der Waals surface area contributed by atoms with Gasteiger partial charge in [0.15, 0.2) is 5.13 Å². The van der Waals surface area contributed by atoms with Crippen molar-refractivity contribution in [3.63, 3.8) is 0 Å². The number of nitrogens with zero attached hydrogens (tertiary/aromatic N) is 3. The van der Waals surface area contributed by atoms with Gasteiger partial charge in [0.2, 0.25) is 0 Å². The van der Waals surface area contributed by atoms with E-state index in [9.17, 15) is 0 Å². The maximum Gasteiger partial charge on any atom is 0.185 e. The number of thiazole rings is 1. The Morgan fingerprint density at radius 3 is 2.56 bits per heavy atom. The fraction of sp³-hybridized carbons (Fsp3) is 0.714. The molecule has 2 aliphatic rings. The van der Waals surface area contributed by atoms with Gasteiger partial charge in [-0.05, 0) is 25.7 Å². The highest BCUT2D eigenvalue weighted by Gasteiger charge is 2.30. The zero-order valence-electron chi connectivity index (χ0n) is 10.7. The number of rotatable bonds is 3. The van der Waals surface area contributed by atoms with E-state index in [2.05, 4.69) is 11.0 Å². The van der Waals surface area contributed by atoms with Gasteiger partial charge in [-0.3, -0.25) is 0 Å². The molecule has 1 aromatic heterocycles. The van der Waals surface area contributed by atoms with Crippen LogP contribution in [0.1, 0.15) is 55.0 Å². The van der Waals surface area contributed by atoms with Gasteiger partial charge in [0, 0.05) is 23.9 Å². The van der Waals surface area contributed by atoms with Gasteiger partial charge in [-0.15, -0.1) is 11.3 Å². The number of aromatic nitrogens is 1. The summed E-state index contributed by atoms with van der Waals surface area (Å²) in [6.45, 7) is 2.28. The van der Waals surface area contributed by atoms with Crippen molar-refractivity contribution in [2.75, 3.05) is 18.0 Å². The molecule has 0 N–H and O–H groups in total. The molecule has 18 heavy (non-hydrogen) atoms. The van der Waals surface area contributed by atoms with Crippen LogP contribution in [0.2, 0.25) is 0 Å². The minimum atomic E-state index is 0.539. The van der Waals surface area contributed by atoms with Gasteiger partial charge in [-0.2, -0.15) is 5.26 Å². The largest absolute Gasteiger partial charge is 0.348 e. The smallest absolute Gasteiger partial charge is 0.185 e. The lowest BCUT2D eigenvalue weighted by molar-refractivity contribution is 0.726. The van der Waals surface area contributed by atoms with E-state index in [0.717, 1.165) is 13.1 Å². The Balaban J connectivity index is 1.82. The van der Waals surface area contributed by atoms with Crippen LogP contribution in [0.25, 0.3) is 0 Å². The molecule has 1 aliphatic heterocycles. The summed E-state index contributed by atoms with van der Waals surface area (Å²) in [6, 6.07) is 2.29. The SMILES string of the molecule is N#CCc1sc(N2CCCCCC2)nc1C1CC1. The van der Waals surface area contributed by atoms with Crippen molar-refractivity contribution >= 4 is 16.5 Å². The van der Waals surface area contributed by atoms with Gasteiger partial charge in [0.25, 0.3) is 0 Å². The molecule has 0 unspecified atom stereocenters. The van der Waals surface area contributed by atoms with E-state index in [-0.39, 0.29) is 0 Å². The van der Waals surface area contributed by atoms with E-state index in [1.165, 1.54) is 54.2 Å². The number of hydrogen-bond acceptors (Lipinski definition) is 4. The Morgan fingerprint density at radius 2 is 1.94 bits per heavy atom. The third kappa shape index (κ3) is 2.51. The molecule has 0 amide bonds. The molecule has 0 atom stereocenters. The molecule has 0 aromatic carbocycles. The lowest BCUT2D eigenvalue weighted by atomic mass is 10.2. The molecule has 1 saturated carbocycles. The second kappa shape index (κ2) is 5.27. The van der Waals surface area contributed by atoms with Gasteiger partial charge in [0.05, 0.1) is 18.2 Å². The number of nitriles is 1. The van der Waals surface area contributed by atoms with Crippen LogP contribution in [0, 0.1) is 11.3 Å². The minimum Gasteiger partial charge on any atom is -0.348 e. The minimum absolute atomic E-state index is 0.539. The first-order valence-electron chi connectivity index (χ1n) is 7.00. The summed E-state index contributed by atoms with van der Waals surface area (Å²) >= 11 is 1.76. The fourth-order valence-electron chi connectivity index (χ4n) is 2.62. The van der Waals surface area contributed by atoms with E-state index >= 15 is 0 Å². The molecule has 3 nitrogen and oxygen atoms in total. The summed E-state index contributed by atoms with van der Waals surface area (Å²) < 4.78 is 0. The molecule has 0 bridgehead atoms. The molecule has 2 heterocycles. The van der Waals surface area contributed by atoms with Gasteiger partial charge >= 0.3 is 0 Å². The Bertz CT molecular complexity index is 448. The van der Waals surface area contributed by atoms with Crippen molar-refractivity contribution in [2.45, 2.75) is 50.9 Å². The molecule has 0 radical (unpaired) electrons. The van der Waals surface area contributed by atoms with Crippen molar-refractivity contribution < 1.29 is 0 Å². The van der Waals surface area contributed by atoms with Crippen LogP contribution in [0.15, 0.2) is 0 Å². The van der Waals surface area contributed by atoms with Crippen LogP contribution < -0.4 is 4.90 Å². The standard InChI is InChI=1S/C14H19N3S/c15-8-7-12-13(11-5-6-11)16-14(18-12)17-9-3-1-2-4-10-17/h11H,1-7,9-10H2. The molecule has 0 spiro atoms. The summed E-state index contributed by atoms with van der Waals surface area (Å²) in [5, 5.41) is 10.1. The van der Waals surface area contributed by atoms with E-state index in [1.54, 1.807) is 11.3 Å². The highest BCUT2D eigenvalue weighted by molar-refractivity contribution is 7.15. The maximum atomic E-state index is 8.93. The van der Waals surface area contributed by atoms with E-state index < -0.39 is 0 Å². The molecular weight excluding hydrogens is 242 g/mol. The Labute approximate surface area is 112 Å². The highest BCUT2D eigenvalue weighted by Crippen LogP contribution is 2.44. The first-order chi connectivity index (χ1) is 8.88. The third-order valence-corrected chi connectivity index (χ3v) is 4.93. The molecular formula is C14H19N3S. The second-order valence-corrected chi connectivity index (χ2v) is 6.38. The van der Waals surface area contributed by atoms with E-state index in [0.29, 0.717) is 12.3 Å². The number of anilines is 1. The average Bonchev–Trinajstić information content (AvgIpc) is 3.17. The molecule has 3 rings (SSSR count). The highest BCUT2D eigenvalue weighted by atomic mass is 32.1. The Morgan fingerprint density at radius 1 is 1.22 bits per heavy atom. The van der Waals surface area contributed by atoms with Crippen molar-refractivity contribution in [1.29, 1.82) is 5.26 Å². The topological polar surface area (TPSA) is 39.9 Å². The van der Waals surface area contributed by atoms with Crippen LogP contribution in [0.3, 0.4) is 0 Å². The Kier molecular flexibility index (Phi) is 3.51. The zero-order chi connectivity index (χ0) is 12.4. The van der Waals surface area contributed by atoms with Crippen LogP contribution in [0.5, 0.6) is 0 Å². The second-order valence-electron chi connectivity index (χ2n) is 5.32. The molecule has 1 aliphatic carbocycles. The number of hydrogen-bond donors (Lipinski definition) is 0. The van der Waals surface area contributed by atoms with Gasteiger partial charge < -0.3 is 4.90 Å². The maximum absolute atomic E-state index is 8.93. The van der Waals surface area contributed by atoms with Crippen LogP contribution in [-0.2, 0) is 6.42 Å². The quantitative estimate of drug-likeness (QED) is 0.836. The Hall–Kier alpha value is -1.08. The molecule has 4 heteroatoms. The summed E-state index contributed by atoms with van der Waals surface area (Å²) in [5.74, 6) is 0.658. The fourth-order valence-corrected chi connectivity index (χ4v) is 3.75. The lowest BCUT2D eigenvalue weighted by Crippen LogP contribution is -2.23. The molecule has 2 fully saturated rings. The first kappa shape index (κ1) is 12.0. The monoisotopic (exact) mass is 261 g/mol. The lowest BCUT2D eigenvalue weighted by Gasteiger charge is -2.18. The van der Waals surface area contributed by atoms with E-state index in [4.69, 9.17) is 10.2 Å². The summed E-state index contributed by atoms with van der Waals surface area (Å²) in [5.41, 5.74) is 1.24. The van der Waals surface area contributed by atoms with Crippen LogP contribution in [-0.4, -0.2) is 18.1 Å². The van der Waals surface area contributed by atoms with Crippen LogP contribution in [0.4, 0.5) is 5.13 Å². The summed E-state index contributed by atoms with van der Waals surface area (Å²) in [7, 11) is 0. The first-order valence-corrected chi connectivity index (χ1v) is 7.81. The van der Waals surface area contributed by atoms with Crippen molar-refractivity contribution in [2.24, 2.45) is 0 Å². The summed E-state index contributed by atoms with van der Waals surface area (Å²) in [6.07, 6.45) is 8.34. The van der Waals surface area contributed by atoms with Gasteiger partial charge in [-0.1, -0.05) is 12.8 Å². The van der Waals surface area contributed by atoms with Crippen molar-refractivity contribution in [1.82, 2.24) is 4.98 Å². The van der Waals surface area contributed by atoms with Crippen molar-refractivity contribution in [3.8, 4) is 6.07 Å². The van der Waals surface area contributed by atoms with Gasteiger partial charge in [0.1, 0.15) is 0 Å². The van der Waals surface area contributed by atoms with Crippen molar-refractivity contribution in [3.05, 3.63) is 10.6 Å².